The highest BCUT2D eigenvalue weighted by Gasteiger charge is 2.46. The molecule has 26 heavy (non-hydrogen) atoms. The van der Waals surface area contributed by atoms with Gasteiger partial charge in [0.15, 0.2) is 9.84 Å². The predicted octanol–water partition coefficient (Wildman–Crippen LogP) is 1.48. The first-order chi connectivity index (χ1) is 12.6. The van der Waals surface area contributed by atoms with E-state index in [9.17, 15) is 8.42 Å². The predicted molar refractivity (Wildman–Crippen MR) is 103 cm³/mol. The second-order valence-electron chi connectivity index (χ2n) is 6.76. The third-order valence-corrected chi connectivity index (χ3v) is 6.75. The summed E-state index contributed by atoms with van der Waals surface area (Å²) in [5.74, 6) is 1.01. The van der Waals surface area contributed by atoms with E-state index in [1.54, 1.807) is 18.5 Å². The lowest BCUT2D eigenvalue weighted by Crippen LogP contribution is -2.59. The van der Waals surface area contributed by atoms with Crippen LogP contribution in [-0.4, -0.2) is 66.5 Å². The van der Waals surface area contributed by atoms with Crippen LogP contribution in [0.5, 0.6) is 0 Å². The molecular formula is C19H22N4O2S. The molecule has 0 unspecified atom stereocenters. The van der Waals surface area contributed by atoms with Crippen LogP contribution in [0.25, 0.3) is 6.08 Å². The monoisotopic (exact) mass is 370 g/mol. The van der Waals surface area contributed by atoms with Gasteiger partial charge in [0.2, 0.25) is 5.95 Å². The van der Waals surface area contributed by atoms with E-state index in [2.05, 4.69) is 44.1 Å². The zero-order valence-electron chi connectivity index (χ0n) is 14.5. The molecule has 6 nitrogen and oxygen atoms in total. The number of benzene rings is 1. The molecule has 2 aliphatic heterocycles. The molecule has 1 aromatic heterocycles. The fourth-order valence-electron chi connectivity index (χ4n) is 3.83. The number of anilines is 1. The number of hydrogen-bond acceptors (Lipinski definition) is 6. The van der Waals surface area contributed by atoms with Crippen molar-refractivity contribution in [3.05, 3.63) is 60.4 Å². The zero-order valence-corrected chi connectivity index (χ0v) is 15.3. The van der Waals surface area contributed by atoms with Crippen molar-refractivity contribution in [3.63, 3.8) is 0 Å². The second-order valence-corrected chi connectivity index (χ2v) is 8.92. The number of rotatable bonds is 4. The van der Waals surface area contributed by atoms with Crippen molar-refractivity contribution in [2.45, 2.75) is 12.1 Å². The molecule has 2 aliphatic rings. The van der Waals surface area contributed by atoms with Crippen LogP contribution < -0.4 is 4.90 Å². The van der Waals surface area contributed by atoms with Crippen LogP contribution in [0.15, 0.2) is 54.9 Å². The topological polar surface area (TPSA) is 66.4 Å². The summed E-state index contributed by atoms with van der Waals surface area (Å²) in [5, 5.41) is 0. The van der Waals surface area contributed by atoms with Crippen molar-refractivity contribution in [2.75, 3.05) is 36.0 Å². The fourth-order valence-corrected chi connectivity index (χ4v) is 5.84. The maximum absolute atomic E-state index is 12.3. The van der Waals surface area contributed by atoms with E-state index in [1.807, 2.05) is 18.2 Å². The molecule has 0 saturated carbocycles. The third kappa shape index (κ3) is 3.64. The minimum absolute atomic E-state index is 0.0158. The highest BCUT2D eigenvalue weighted by Crippen LogP contribution is 2.29. The van der Waals surface area contributed by atoms with Crippen LogP contribution in [0, 0.1) is 0 Å². The van der Waals surface area contributed by atoms with Crippen LogP contribution in [0.2, 0.25) is 0 Å². The summed E-state index contributed by atoms with van der Waals surface area (Å²) in [7, 11) is -3.04. The molecule has 0 radical (unpaired) electrons. The minimum Gasteiger partial charge on any atom is -0.334 e. The Kier molecular flexibility index (Phi) is 4.74. The lowest BCUT2D eigenvalue weighted by molar-refractivity contribution is 0.185. The standard InChI is InChI=1S/C19H22N4O2S/c24-26(25)14-17-18(15-26)23(19-20-9-5-10-21-19)13-12-22(17)11-4-8-16-6-2-1-3-7-16/h1-10,17-18H,11-15H2/b8-4+/t17-,18+/m0/s1. The van der Waals surface area contributed by atoms with Crippen LogP contribution in [0.1, 0.15) is 5.56 Å². The zero-order chi connectivity index (χ0) is 18.0. The van der Waals surface area contributed by atoms with E-state index in [-0.39, 0.29) is 23.6 Å². The first-order valence-electron chi connectivity index (χ1n) is 8.82. The Hall–Kier alpha value is -2.25. The lowest BCUT2D eigenvalue weighted by atomic mass is 10.0. The van der Waals surface area contributed by atoms with E-state index in [0.717, 1.165) is 25.2 Å². The Morgan fingerprint density at radius 2 is 1.73 bits per heavy atom. The molecule has 0 aliphatic carbocycles. The van der Waals surface area contributed by atoms with E-state index in [1.165, 1.54) is 0 Å². The summed E-state index contributed by atoms with van der Waals surface area (Å²) in [5.41, 5.74) is 1.15. The molecule has 1 aromatic carbocycles. The van der Waals surface area contributed by atoms with Crippen molar-refractivity contribution in [1.29, 1.82) is 0 Å². The van der Waals surface area contributed by atoms with E-state index >= 15 is 0 Å². The molecule has 4 rings (SSSR count). The average Bonchev–Trinajstić information content (AvgIpc) is 2.99. The van der Waals surface area contributed by atoms with Crippen molar-refractivity contribution in [3.8, 4) is 0 Å². The van der Waals surface area contributed by atoms with E-state index < -0.39 is 9.84 Å². The van der Waals surface area contributed by atoms with Gasteiger partial charge in [0, 0.05) is 38.1 Å². The second kappa shape index (κ2) is 7.17. The van der Waals surface area contributed by atoms with E-state index in [4.69, 9.17) is 0 Å². The fraction of sp³-hybridized carbons (Fsp3) is 0.368. The van der Waals surface area contributed by atoms with Crippen LogP contribution in [0.4, 0.5) is 5.95 Å². The van der Waals surface area contributed by atoms with Gasteiger partial charge in [-0.25, -0.2) is 18.4 Å². The number of aromatic nitrogens is 2. The van der Waals surface area contributed by atoms with Gasteiger partial charge in [-0.15, -0.1) is 0 Å². The summed E-state index contributed by atoms with van der Waals surface area (Å²) in [6.07, 6.45) is 7.61. The van der Waals surface area contributed by atoms with Gasteiger partial charge in [0.25, 0.3) is 0 Å². The maximum atomic E-state index is 12.3. The molecule has 0 N–H and O–H groups in total. The van der Waals surface area contributed by atoms with Crippen molar-refractivity contribution >= 4 is 21.9 Å². The van der Waals surface area contributed by atoms with Crippen molar-refractivity contribution in [1.82, 2.24) is 14.9 Å². The molecule has 3 heterocycles. The van der Waals surface area contributed by atoms with Crippen LogP contribution >= 0.6 is 0 Å². The quantitative estimate of drug-likeness (QED) is 0.812. The van der Waals surface area contributed by atoms with Gasteiger partial charge in [-0.05, 0) is 11.6 Å². The smallest absolute Gasteiger partial charge is 0.225 e. The molecule has 2 saturated heterocycles. The molecule has 2 fully saturated rings. The Bertz CT molecular complexity index is 871. The van der Waals surface area contributed by atoms with Gasteiger partial charge in [-0.1, -0.05) is 42.5 Å². The highest BCUT2D eigenvalue weighted by molar-refractivity contribution is 7.91. The van der Waals surface area contributed by atoms with Gasteiger partial charge < -0.3 is 4.90 Å². The van der Waals surface area contributed by atoms with Crippen molar-refractivity contribution < 1.29 is 8.42 Å². The SMILES string of the molecule is O=S1(=O)C[C@@H]2[C@H](C1)N(C/C=C/c1ccccc1)CCN2c1ncccn1. The first-order valence-corrected chi connectivity index (χ1v) is 10.6. The summed E-state index contributed by atoms with van der Waals surface area (Å²) >= 11 is 0. The third-order valence-electron chi connectivity index (χ3n) is 5.05. The molecule has 0 amide bonds. The number of nitrogens with zero attached hydrogens (tertiary/aromatic N) is 4. The summed E-state index contributed by atoms with van der Waals surface area (Å²) < 4.78 is 24.6. The first kappa shape index (κ1) is 17.2. The lowest BCUT2D eigenvalue weighted by Gasteiger charge is -2.43. The number of sulfone groups is 1. The maximum Gasteiger partial charge on any atom is 0.225 e. The molecule has 136 valence electrons. The summed E-state index contributed by atoms with van der Waals surface area (Å²) in [6, 6.07) is 11.8. The Morgan fingerprint density at radius 1 is 1.00 bits per heavy atom. The molecular weight excluding hydrogens is 348 g/mol. The highest BCUT2D eigenvalue weighted by atomic mass is 32.2. The van der Waals surface area contributed by atoms with E-state index in [0.29, 0.717) is 5.95 Å². The average molecular weight is 370 g/mol. The number of piperazine rings is 1. The Morgan fingerprint density at radius 3 is 2.50 bits per heavy atom. The minimum atomic E-state index is -3.04. The van der Waals surface area contributed by atoms with Gasteiger partial charge >= 0.3 is 0 Å². The summed E-state index contributed by atoms with van der Waals surface area (Å²) in [6.45, 7) is 2.28. The molecule has 2 atom stereocenters. The van der Waals surface area contributed by atoms with Gasteiger partial charge in [-0.2, -0.15) is 0 Å². The number of hydrogen-bond donors (Lipinski definition) is 0. The van der Waals surface area contributed by atoms with Crippen LogP contribution in [0.3, 0.4) is 0 Å². The van der Waals surface area contributed by atoms with Gasteiger partial charge in [-0.3, -0.25) is 4.90 Å². The molecule has 2 aromatic rings. The largest absolute Gasteiger partial charge is 0.334 e. The Labute approximate surface area is 154 Å². The van der Waals surface area contributed by atoms with Crippen molar-refractivity contribution in [2.24, 2.45) is 0 Å². The van der Waals surface area contributed by atoms with Gasteiger partial charge in [0.1, 0.15) is 0 Å². The van der Waals surface area contributed by atoms with Crippen LogP contribution in [-0.2, 0) is 9.84 Å². The summed E-state index contributed by atoms with van der Waals surface area (Å²) in [4.78, 5) is 13.0. The normalized spacial score (nSPS) is 25.5. The van der Waals surface area contributed by atoms with Gasteiger partial charge in [0.05, 0.1) is 17.5 Å². The molecule has 7 heteroatoms. The molecule has 0 spiro atoms. The Balaban J connectivity index is 1.51. The molecule has 0 bridgehead atoms. The number of fused-ring (bicyclic) bond motifs is 1.